The monoisotopic (exact) mass is 203 g/mol. The molecule has 15 heavy (non-hydrogen) atoms. The van der Waals surface area contributed by atoms with Crippen molar-refractivity contribution in [1.29, 1.82) is 0 Å². The molecule has 0 aliphatic heterocycles. The summed E-state index contributed by atoms with van der Waals surface area (Å²) in [5, 5.41) is 2.51. The second-order valence-electron chi connectivity index (χ2n) is 3.01. The average Bonchev–Trinajstić information content (AvgIpc) is 2.27. The molecule has 3 nitrogen and oxygen atoms in total. The Balaban J connectivity index is 2.47. The number of allylic oxidation sites excluding steroid dienone is 1. The normalized spacial score (nSPS) is 10.2. The lowest BCUT2D eigenvalue weighted by atomic mass is 10.1. The molecule has 0 fully saturated rings. The highest BCUT2D eigenvalue weighted by Crippen LogP contribution is 1.98. The largest absolute Gasteiger partial charge is 0.345 e. The van der Waals surface area contributed by atoms with Crippen LogP contribution in [-0.4, -0.2) is 18.2 Å². The van der Waals surface area contributed by atoms with E-state index in [2.05, 4.69) is 5.32 Å². The first kappa shape index (κ1) is 11.2. The molecule has 0 spiro atoms. The molecule has 0 saturated heterocycles. The minimum Gasteiger partial charge on any atom is -0.345 e. The Morgan fingerprint density at radius 1 is 1.27 bits per heavy atom. The van der Waals surface area contributed by atoms with Gasteiger partial charge in [-0.2, -0.15) is 0 Å². The highest BCUT2D eigenvalue weighted by molar-refractivity contribution is 6.00. The number of hydrogen-bond donors (Lipinski definition) is 1. The molecule has 1 rings (SSSR count). The molecule has 0 heterocycles. The van der Waals surface area contributed by atoms with E-state index in [0.717, 1.165) is 0 Å². The van der Waals surface area contributed by atoms with Gasteiger partial charge in [0.15, 0.2) is 5.78 Å². The van der Waals surface area contributed by atoms with Gasteiger partial charge in [-0.3, -0.25) is 9.59 Å². The van der Waals surface area contributed by atoms with Gasteiger partial charge in [-0.25, -0.2) is 0 Å². The fraction of sp³-hybridized carbons (Fsp3) is 0.167. The van der Waals surface area contributed by atoms with Gasteiger partial charge in [-0.1, -0.05) is 36.4 Å². The van der Waals surface area contributed by atoms with Crippen molar-refractivity contribution < 1.29 is 9.59 Å². The van der Waals surface area contributed by atoms with Crippen molar-refractivity contribution in [3.8, 4) is 0 Å². The summed E-state index contributed by atoms with van der Waals surface area (Å²) >= 11 is 0. The van der Waals surface area contributed by atoms with Crippen LogP contribution < -0.4 is 5.32 Å². The van der Waals surface area contributed by atoms with Gasteiger partial charge in [0.2, 0.25) is 5.91 Å². The Kier molecular flexibility index (Phi) is 4.29. The number of carbonyl (C=O) groups excluding carboxylic acids is 2. The number of carbonyl (C=O) groups is 2. The van der Waals surface area contributed by atoms with E-state index >= 15 is 0 Å². The molecule has 3 heteroatoms. The second-order valence-corrected chi connectivity index (χ2v) is 3.01. The van der Waals surface area contributed by atoms with Crippen molar-refractivity contribution in [3.63, 3.8) is 0 Å². The Morgan fingerprint density at radius 3 is 2.53 bits per heavy atom. The molecular weight excluding hydrogens is 190 g/mol. The SMILES string of the molecule is C/C=C/C(=O)NCC(=O)c1ccccc1. The summed E-state index contributed by atoms with van der Waals surface area (Å²) in [5.74, 6) is -0.338. The summed E-state index contributed by atoms with van der Waals surface area (Å²) in [7, 11) is 0. The zero-order chi connectivity index (χ0) is 11.1. The highest BCUT2D eigenvalue weighted by Gasteiger charge is 2.05. The third kappa shape index (κ3) is 3.77. The number of Topliss-reactive ketones (excluding diaryl/α,β-unsaturated/α-hetero) is 1. The Labute approximate surface area is 88.8 Å². The summed E-state index contributed by atoms with van der Waals surface area (Å²) in [5.41, 5.74) is 0.610. The molecule has 1 aromatic rings. The second kappa shape index (κ2) is 5.75. The number of ketones is 1. The van der Waals surface area contributed by atoms with Crippen LogP contribution >= 0.6 is 0 Å². The predicted octanol–water partition coefficient (Wildman–Crippen LogP) is 1.56. The van der Waals surface area contributed by atoms with Crippen molar-refractivity contribution in [2.24, 2.45) is 0 Å². The Morgan fingerprint density at radius 2 is 1.93 bits per heavy atom. The van der Waals surface area contributed by atoms with Gasteiger partial charge in [0.25, 0.3) is 0 Å². The molecular formula is C12H13NO2. The van der Waals surface area contributed by atoms with E-state index < -0.39 is 0 Å². The minimum absolute atomic E-state index is 0.0349. The Bertz CT molecular complexity index is 368. The number of benzene rings is 1. The summed E-state index contributed by atoms with van der Waals surface area (Å²) in [6, 6.07) is 8.88. The molecule has 1 amide bonds. The molecule has 0 aliphatic carbocycles. The van der Waals surface area contributed by atoms with E-state index in [4.69, 9.17) is 0 Å². The minimum atomic E-state index is -0.248. The molecule has 0 unspecified atom stereocenters. The molecule has 1 N–H and O–H groups in total. The van der Waals surface area contributed by atoms with Crippen molar-refractivity contribution in [2.75, 3.05) is 6.54 Å². The third-order valence-corrected chi connectivity index (χ3v) is 1.84. The maximum absolute atomic E-state index is 11.5. The highest BCUT2D eigenvalue weighted by atomic mass is 16.2. The fourth-order valence-electron chi connectivity index (χ4n) is 1.10. The molecule has 78 valence electrons. The van der Waals surface area contributed by atoms with Crippen LogP contribution in [0, 0.1) is 0 Å². The molecule has 0 saturated carbocycles. The topological polar surface area (TPSA) is 46.2 Å². The van der Waals surface area contributed by atoms with Gasteiger partial charge >= 0.3 is 0 Å². The maximum atomic E-state index is 11.5. The van der Waals surface area contributed by atoms with Crippen molar-refractivity contribution in [3.05, 3.63) is 48.0 Å². The zero-order valence-electron chi connectivity index (χ0n) is 8.57. The fourth-order valence-corrected chi connectivity index (χ4v) is 1.10. The smallest absolute Gasteiger partial charge is 0.244 e. The summed E-state index contributed by atoms with van der Waals surface area (Å²) in [4.78, 5) is 22.5. The first-order valence-corrected chi connectivity index (χ1v) is 4.73. The molecule has 0 aromatic heterocycles. The standard InChI is InChI=1S/C12H13NO2/c1-2-6-12(15)13-9-11(14)10-7-4-3-5-8-10/h2-8H,9H2,1H3,(H,13,15)/b6-2+. The van der Waals surface area contributed by atoms with Crippen molar-refractivity contribution in [2.45, 2.75) is 6.92 Å². The van der Waals surface area contributed by atoms with Crippen LogP contribution in [0.4, 0.5) is 0 Å². The Hall–Kier alpha value is -1.90. The van der Waals surface area contributed by atoms with Crippen molar-refractivity contribution in [1.82, 2.24) is 5.32 Å². The van der Waals surface area contributed by atoms with E-state index in [1.54, 1.807) is 37.3 Å². The van der Waals surface area contributed by atoms with E-state index in [1.807, 2.05) is 6.07 Å². The predicted molar refractivity (Wildman–Crippen MR) is 58.6 cm³/mol. The molecule has 0 atom stereocenters. The summed E-state index contributed by atoms with van der Waals surface area (Å²) in [6.07, 6.45) is 3.01. The molecule has 0 aliphatic rings. The van der Waals surface area contributed by atoms with Crippen LogP contribution in [0.25, 0.3) is 0 Å². The first-order valence-electron chi connectivity index (χ1n) is 4.73. The number of rotatable bonds is 4. The van der Waals surface area contributed by atoms with E-state index in [9.17, 15) is 9.59 Å². The quantitative estimate of drug-likeness (QED) is 0.596. The van der Waals surface area contributed by atoms with Crippen LogP contribution in [-0.2, 0) is 4.79 Å². The van der Waals surface area contributed by atoms with Crippen molar-refractivity contribution >= 4 is 11.7 Å². The van der Waals surface area contributed by atoms with Gasteiger partial charge in [-0.15, -0.1) is 0 Å². The van der Waals surface area contributed by atoms with Crippen LogP contribution in [0.1, 0.15) is 17.3 Å². The number of amides is 1. The molecule has 0 radical (unpaired) electrons. The zero-order valence-corrected chi connectivity index (χ0v) is 8.57. The van der Waals surface area contributed by atoms with Crippen LogP contribution in [0.5, 0.6) is 0 Å². The maximum Gasteiger partial charge on any atom is 0.244 e. The lowest BCUT2D eigenvalue weighted by molar-refractivity contribution is -0.116. The van der Waals surface area contributed by atoms with E-state index in [0.29, 0.717) is 5.56 Å². The lowest BCUT2D eigenvalue weighted by Crippen LogP contribution is -2.27. The number of nitrogens with one attached hydrogen (secondary N) is 1. The van der Waals surface area contributed by atoms with Crippen LogP contribution in [0.15, 0.2) is 42.5 Å². The summed E-state index contributed by atoms with van der Waals surface area (Å²) < 4.78 is 0. The van der Waals surface area contributed by atoms with E-state index in [-0.39, 0.29) is 18.2 Å². The third-order valence-electron chi connectivity index (χ3n) is 1.84. The first-order chi connectivity index (χ1) is 7.24. The van der Waals surface area contributed by atoms with Crippen LogP contribution in [0.3, 0.4) is 0 Å². The van der Waals surface area contributed by atoms with Gasteiger partial charge < -0.3 is 5.32 Å². The van der Waals surface area contributed by atoms with Gasteiger partial charge in [-0.05, 0) is 13.0 Å². The van der Waals surface area contributed by atoms with Crippen LogP contribution in [0.2, 0.25) is 0 Å². The lowest BCUT2D eigenvalue weighted by Gasteiger charge is -2.01. The van der Waals surface area contributed by atoms with Gasteiger partial charge in [0.1, 0.15) is 0 Å². The molecule has 1 aromatic carbocycles. The summed E-state index contributed by atoms with van der Waals surface area (Å²) in [6.45, 7) is 1.78. The average molecular weight is 203 g/mol. The van der Waals surface area contributed by atoms with Gasteiger partial charge in [0, 0.05) is 5.56 Å². The van der Waals surface area contributed by atoms with E-state index in [1.165, 1.54) is 6.08 Å². The number of hydrogen-bond acceptors (Lipinski definition) is 2. The molecule has 0 bridgehead atoms. The van der Waals surface area contributed by atoms with Gasteiger partial charge in [0.05, 0.1) is 6.54 Å².